The average molecular weight is 576 g/mol. The fourth-order valence-electron chi connectivity index (χ4n) is 4.62. The Morgan fingerprint density at radius 2 is 1.98 bits per heavy atom. The molecule has 1 aliphatic rings. The summed E-state index contributed by atoms with van der Waals surface area (Å²) < 4.78 is 23.8. The molecule has 1 atom stereocenters. The van der Waals surface area contributed by atoms with Crippen LogP contribution in [0.3, 0.4) is 0 Å². The van der Waals surface area contributed by atoms with Crippen molar-refractivity contribution in [1.29, 1.82) is 0 Å². The maximum atomic E-state index is 13.8. The standard InChI is InChI=1S/C29H25N3O8S/c1-5-39-28(34)25-16(2)30-29-31(26(25)17-7-6-8-19(13-17)37-3)27(33)24(41-29)15-20-10-12-23(40-20)21-14-18(32(35)36)9-11-22(21)38-4/h6-15,26H,5H2,1-4H3/b24-15-/t26-/m1/s1. The number of thiazole rings is 1. The van der Waals surface area contributed by atoms with Crippen LogP contribution in [0.5, 0.6) is 11.5 Å². The Labute approximate surface area is 237 Å². The number of carbonyl (C=O) groups excluding carboxylic acids is 1. The molecular weight excluding hydrogens is 550 g/mol. The zero-order valence-corrected chi connectivity index (χ0v) is 23.4. The van der Waals surface area contributed by atoms with Gasteiger partial charge >= 0.3 is 5.97 Å². The molecule has 2 aromatic heterocycles. The third kappa shape index (κ3) is 5.16. The van der Waals surface area contributed by atoms with Gasteiger partial charge in [0, 0.05) is 18.2 Å². The van der Waals surface area contributed by atoms with Gasteiger partial charge in [-0.3, -0.25) is 19.5 Å². The van der Waals surface area contributed by atoms with Crippen molar-refractivity contribution in [3.8, 4) is 22.8 Å². The van der Waals surface area contributed by atoms with E-state index in [1.807, 2.05) is 6.07 Å². The van der Waals surface area contributed by atoms with Crippen molar-refractivity contribution in [1.82, 2.24) is 4.57 Å². The SMILES string of the molecule is CCOC(=O)C1=C(C)N=c2s/c(=C\c3ccc(-c4cc([N+](=O)[O-])ccc4OC)o3)c(=O)n2[C@@H]1c1cccc(OC)c1. The first-order valence-electron chi connectivity index (χ1n) is 12.5. The number of benzene rings is 2. The van der Waals surface area contributed by atoms with Gasteiger partial charge in [0.05, 0.1) is 53.2 Å². The van der Waals surface area contributed by atoms with E-state index in [1.165, 1.54) is 29.9 Å². The van der Waals surface area contributed by atoms with Crippen molar-refractivity contribution in [2.75, 3.05) is 20.8 Å². The third-order valence-corrected chi connectivity index (χ3v) is 7.47. The summed E-state index contributed by atoms with van der Waals surface area (Å²) in [6.45, 7) is 3.59. The Kier molecular flexibility index (Phi) is 7.58. The number of allylic oxidation sites excluding steroid dienone is 1. The molecule has 0 fully saturated rings. The van der Waals surface area contributed by atoms with Crippen LogP contribution in [0.1, 0.15) is 31.2 Å². The van der Waals surface area contributed by atoms with E-state index >= 15 is 0 Å². The number of hydrogen-bond acceptors (Lipinski definition) is 10. The molecule has 0 radical (unpaired) electrons. The second-order valence-corrected chi connectivity index (χ2v) is 9.93. The van der Waals surface area contributed by atoms with Crippen molar-refractivity contribution < 1.29 is 28.3 Å². The molecule has 210 valence electrons. The van der Waals surface area contributed by atoms with Crippen LogP contribution in [0.4, 0.5) is 5.69 Å². The summed E-state index contributed by atoms with van der Waals surface area (Å²) >= 11 is 1.15. The number of nitro benzene ring substituents is 1. The van der Waals surface area contributed by atoms with Crippen LogP contribution in [0.2, 0.25) is 0 Å². The largest absolute Gasteiger partial charge is 0.497 e. The van der Waals surface area contributed by atoms with Gasteiger partial charge in [-0.2, -0.15) is 0 Å². The zero-order chi connectivity index (χ0) is 29.3. The molecule has 0 amide bonds. The lowest BCUT2D eigenvalue weighted by atomic mass is 9.95. The normalized spacial score (nSPS) is 14.8. The van der Waals surface area contributed by atoms with Crippen molar-refractivity contribution >= 4 is 29.1 Å². The lowest BCUT2D eigenvalue weighted by molar-refractivity contribution is -0.384. The predicted octanol–water partition coefficient (Wildman–Crippen LogP) is 3.98. The van der Waals surface area contributed by atoms with Crippen molar-refractivity contribution in [3.05, 3.63) is 107 Å². The third-order valence-electron chi connectivity index (χ3n) is 6.49. The lowest BCUT2D eigenvalue weighted by Gasteiger charge is -2.24. The Bertz CT molecular complexity index is 1880. The van der Waals surface area contributed by atoms with E-state index in [2.05, 4.69) is 4.99 Å². The minimum atomic E-state index is -0.788. The minimum Gasteiger partial charge on any atom is -0.497 e. The van der Waals surface area contributed by atoms with Gasteiger partial charge in [0.1, 0.15) is 23.0 Å². The molecule has 11 nitrogen and oxygen atoms in total. The van der Waals surface area contributed by atoms with E-state index in [4.69, 9.17) is 18.6 Å². The molecule has 41 heavy (non-hydrogen) atoms. The fraction of sp³-hybridized carbons (Fsp3) is 0.207. The van der Waals surface area contributed by atoms with E-state index in [1.54, 1.807) is 57.4 Å². The molecule has 1 aliphatic heterocycles. The van der Waals surface area contributed by atoms with E-state index in [0.29, 0.717) is 49.2 Å². The maximum Gasteiger partial charge on any atom is 0.338 e. The van der Waals surface area contributed by atoms with Crippen LogP contribution in [0.25, 0.3) is 17.4 Å². The first-order chi connectivity index (χ1) is 19.7. The topological polar surface area (TPSA) is 135 Å². The van der Waals surface area contributed by atoms with Crippen LogP contribution in [-0.2, 0) is 9.53 Å². The molecule has 0 aliphatic carbocycles. The highest BCUT2D eigenvalue weighted by Gasteiger charge is 2.33. The number of ether oxygens (including phenoxy) is 3. The average Bonchev–Trinajstić information content (AvgIpc) is 3.56. The van der Waals surface area contributed by atoms with Crippen LogP contribution in [-0.4, -0.2) is 36.3 Å². The van der Waals surface area contributed by atoms with E-state index < -0.39 is 16.9 Å². The van der Waals surface area contributed by atoms with Gasteiger partial charge in [0.2, 0.25) is 0 Å². The highest BCUT2D eigenvalue weighted by Crippen LogP contribution is 2.35. The van der Waals surface area contributed by atoms with E-state index in [-0.39, 0.29) is 23.4 Å². The number of nitrogens with zero attached hydrogens (tertiary/aromatic N) is 3. The lowest BCUT2D eigenvalue weighted by Crippen LogP contribution is -2.39. The molecule has 0 N–H and O–H groups in total. The Morgan fingerprint density at radius 1 is 1.17 bits per heavy atom. The molecule has 0 unspecified atom stereocenters. The summed E-state index contributed by atoms with van der Waals surface area (Å²) in [5.41, 5.74) is 1.28. The number of non-ortho nitro benzene ring substituents is 1. The fourth-order valence-corrected chi connectivity index (χ4v) is 5.65. The number of nitro groups is 1. The monoisotopic (exact) mass is 575 g/mol. The molecule has 0 saturated carbocycles. The number of furan rings is 1. The van der Waals surface area contributed by atoms with Crippen LogP contribution >= 0.6 is 11.3 Å². The van der Waals surface area contributed by atoms with E-state index in [9.17, 15) is 19.7 Å². The smallest absolute Gasteiger partial charge is 0.338 e. The summed E-state index contributed by atoms with van der Waals surface area (Å²) in [5.74, 6) is 1.09. The minimum absolute atomic E-state index is 0.114. The number of esters is 1. The molecule has 12 heteroatoms. The number of rotatable bonds is 8. The van der Waals surface area contributed by atoms with Crippen molar-refractivity contribution in [2.45, 2.75) is 19.9 Å². The summed E-state index contributed by atoms with van der Waals surface area (Å²) in [4.78, 5) is 42.7. The number of aromatic nitrogens is 1. The molecule has 5 rings (SSSR count). The summed E-state index contributed by atoms with van der Waals surface area (Å²) in [6.07, 6.45) is 1.57. The second-order valence-electron chi connectivity index (χ2n) is 8.92. The first-order valence-corrected chi connectivity index (χ1v) is 13.3. The molecule has 2 aromatic carbocycles. The molecule has 4 aromatic rings. The van der Waals surface area contributed by atoms with Gasteiger partial charge < -0.3 is 18.6 Å². The van der Waals surface area contributed by atoms with Crippen LogP contribution in [0.15, 0.2) is 80.1 Å². The maximum absolute atomic E-state index is 13.8. The Hall–Kier alpha value is -4.97. The number of methoxy groups -OCH3 is 2. The molecule has 0 bridgehead atoms. The van der Waals surface area contributed by atoms with Gasteiger partial charge in [-0.1, -0.05) is 23.5 Å². The van der Waals surface area contributed by atoms with Gasteiger partial charge in [0.25, 0.3) is 11.2 Å². The number of carbonyl (C=O) groups is 1. The molecule has 0 spiro atoms. The van der Waals surface area contributed by atoms with Crippen LogP contribution in [0, 0.1) is 10.1 Å². The highest BCUT2D eigenvalue weighted by atomic mass is 32.1. The van der Waals surface area contributed by atoms with Gasteiger partial charge in [-0.25, -0.2) is 9.79 Å². The van der Waals surface area contributed by atoms with Crippen LogP contribution < -0.4 is 24.4 Å². The quantitative estimate of drug-likeness (QED) is 0.175. The van der Waals surface area contributed by atoms with E-state index in [0.717, 1.165) is 11.3 Å². The number of fused-ring (bicyclic) bond motifs is 1. The van der Waals surface area contributed by atoms with Crippen molar-refractivity contribution in [3.63, 3.8) is 0 Å². The second kappa shape index (κ2) is 11.3. The molecule has 3 heterocycles. The predicted molar refractivity (Wildman–Crippen MR) is 151 cm³/mol. The summed E-state index contributed by atoms with van der Waals surface area (Å²) in [7, 11) is 3.00. The Balaban J connectivity index is 1.64. The highest BCUT2D eigenvalue weighted by molar-refractivity contribution is 7.07. The van der Waals surface area contributed by atoms with Gasteiger partial charge in [0.15, 0.2) is 4.80 Å². The van der Waals surface area contributed by atoms with Crippen molar-refractivity contribution in [2.24, 2.45) is 4.99 Å². The Morgan fingerprint density at radius 3 is 2.68 bits per heavy atom. The molecular formula is C29H25N3O8S. The summed E-state index contributed by atoms with van der Waals surface area (Å²) in [6, 6.07) is 13.9. The summed E-state index contributed by atoms with van der Waals surface area (Å²) in [5, 5.41) is 11.3. The first kappa shape index (κ1) is 27.6. The zero-order valence-electron chi connectivity index (χ0n) is 22.6. The molecule has 0 saturated heterocycles. The van der Waals surface area contributed by atoms with Gasteiger partial charge in [-0.05, 0) is 49.7 Å². The van der Waals surface area contributed by atoms with Gasteiger partial charge in [-0.15, -0.1) is 0 Å². The number of hydrogen-bond donors (Lipinski definition) is 0.